The molecule has 0 N–H and O–H groups in total. The third-order valence-electron chi connectivity index (χ3n) is 6.79. The lowest BCUT2D eigenvalue weighted by molar-refractivity contribution is -0.00298. The highest BCUT2D eigenvalue weighted by atomic mass is 19.2. The normalized spacial score (nSPS) is 31.8. The van der Waals surface area contributed by atoms with E-state index in [-0.39, 0.29) is 12.4 Å². The Kier molecular flexibility index (Phi) is 6.41. The molecule has 1 saturated heterocycles. The summed E-state index contributed by atoms with van der Waals surface area (Å²) < 4.78 is 32.2. The van der Waals surface area contributed by atoms with Gasteiger partial charge < -0.3 is 4.74 Å². The van der Waals surface area contributed by atoms with Crippen LogP contribution in [0.25, 0.3) is 0 Å². The Hall–Kier alpha value is -1.04. The van der Waals surface area contributed by atoms with Gasteiger partial charge in [0.05, 0.1) is 12.7 Å². The summed E-state index contributed by atoms with van der Waals surface area (Å²) in [4.78, 5) is 9.68. The fraction of sp³-hybridized carbons (Fsp3) is 0.727. The highest BCUT2D eigenvalue weighted by molar-refractivity contribution is 5.16. The van der Waals surface area contributed by atoms with Crippen molar-refractivity contribution in [1.82, 2.24) is 0 Å². The highest BCUT2D eigenvalue weighted by Crippen LogP contribution is 2.42. The number of hydrogen-bond donors (Lipinski definition) is 0. The number of benzene rings is 1. The Balaban J connectivity index is 1.14. The van der Waals surface area contributed by atoms with Crippen molar-refractivity contribution >= 4 is 0 Å². The molecule has 0 radical (unpaired) electrons. The number of ether oxygens (including phenoxy) is 1. The van der Waals surface area contributed by atoms with Crippen molar-refractivity contribution in [2.45, 2.75) is 83.2 Å². The van der Waals surface area contributed by atoms with Crippen LogP contribution in [0.15, 0.2) is 18.2 Å². The van der Waals surface area contributed by atoms with Crippen molar-refractivity contribution in [1.29, 1.82) is 0 Å². The van der Waals surface area contributed by atoms with Crippen LogP contribution in [0.3, 0.4) is 0 Å². The summed E-state index contributed by atoms with van der Waals surface area (Å²) in [6, 6.07) is 4.01. The van der Waals surface area contributed by atoms with E-state index in [0.29, 0.717) is 12.2 Å². The van der Waals surface area contributed by atoms with Crippen molar-refractivity contribution in [3.63, 3.8) is 0 Å². The molecule has 1 aromatic carbocycles. The molecular formula is C22H30F2O3. The van der Waals surface area contributed by atoms with Crippen LogP contribution in [-0.2, 0) is 21.1 Å². The molecule has 150 valence electrons. The van der Waals surface area contributed by atoms with Gasteiger partial charge in [0.25, 0.3) is 0 Å². The third-order valence-corrected chi connectivity index (χ3v) is 6.79. The Morgan fingerprint density at radius 2 is 1.48 bits per heavy atom. The molecule has 3 nitrogen and oxygen atoms in total. The van der Waals surface area contributed by atoms with Gasteiger partial charge in [0.2, 0.25) is 6.29 Å². The van der Waals surface area contributed by atoms with E-state index >= 15 is 0 Å². The van der Waals surface area contributed by atoms with Crippen molar-refractivity contribution < 1.29 is 23.3 Å². The lowest BCUT2D eigenvalue weighted by atomic mass is 9.70. The second kappa shape index (κ2) is 8.97. The molecule has 0 atom stereocenters. The quantitative estimate of drug-likeness (QED) is 0.435. The smallest absolute Gasteiger partial charge is 0.224 e. The first-order valence-corrected chi connectivity index (χ1v) is 10.5. The molecule has 2 aliphatic carbocycles. The van der Waals surface area contributed by atoms with E-state index in [1.165, 1.54) is 57.1 Å². The van der Waals surface area contributed by atoms with E-state index in [4.69, 9.17) is 14.5 Å². The molecule has 1 aliphatic heterocycles. The molecular weight excluding hydrogens is 350 g/mol. The van der Waals surface area contributed by atoms with Crippen molar-refractivity contribution in [2.24, 2.45) is 17.8 Å². The van der Waals surface area contributed by atoms with Gasteiger partial charge in [-0.1, -0.05) is 18.9 Å². The highest BCUT2D eigenvalue weighted by Gasteiger charge is 2.32. The number of hydrogen-bond acceptors (Lipinski definition) is 3. The number of halogens is 2. The molecule has 4 rings (SSSR count). The summed E-state index contributed by atoms with van der Waals surface area (Å²) in [5.41, 5.74) is 0.705. The van der Waals surface area contributed by atoms with Crippen LogP contribution >= 0.6 is 0 Å². The van der Waals surface area contributed by atoms with Gasteiger partial charge in [0, 0.05) is 6.42 Å². The average molecular weight is 380 g/mol. The summed E-state index contributed by atoms with van der Waals surface area (Å²) >= 11 is 0. The molecule has 5 heteroatoms. The topological polar surface area (TPSA) is 34.3 Å². The van der Waals surface area contributed by atoms with Crippen LogP contribution in [0.1, 0.15) is 69.8 Å². The van der Waals surface area contributed by atoms with Crippen molar-refractivity contribution in [3.05, 3.63) is 35.4 Å². The van der Waals surface area contributed by atoms with E-state index in [0.717, 1.165) is 37.0 Å². The minimum Gasteiger partial charge on any atom is -0.374 e. The van der Waals surface area contributed by atoms with Crippen molar-refractivity contribution in [3.8, 4) is 0 Å². The Morgan fingerprint density at radius 3 is 2.11 bits per heavy atom. The first-order valence-electron chi connectivity index (χ1n) is 10.5. The summed E-state index contributed by atoms with van der Waals surface area (Å²) in [7, 11) is 0. The lowest BCUT2D eigenvalue weighted by Crippen LogP contribution is -2.28. The van der Waals surface area contributed by atoms with E-state index in [1.54, 1.807) is 6.07 Å². The van der Waals surface area contributed by atoms with Crippen molar-refractivity contribution in [2.75, 3.05) is 0 Å². The first kappa shape index (κ1) is 19.3. The molecule has 0 unspecified atom stereocenters. The molecule has 0 amide bonds. The predicted octanol–water partition coefficient (Wildman–Crippen LogP) is 5.91. The molecule has 1 aromatic rings. The molecule has 3 fully saturated rings. The minimum atomic E-state index is -0.803. The Morgan fingerprint density at radius 1 is 0.815 bits per heavy atom. The maximum atomic E-state index is 13.3. The molecule has 27 heavy (non-hydrogen) atoms. The fourth-order valence-electron chi connectivity index (χ4n) is 5.03. The molecule has 0 bridgehead atoms. The molecule has 2 saturated carbocycles. The van der Waals surface area contributed by atoms with E-state index in [9.17, 15) is 8.78 Å². The maximum absolute atomic E-state index is 13.3. The van der Waals surface area contributed by atoms with E-state index < -0.39 is 11.6 Å². The Labute approximate surface area is 160 Å². The Bertz CT molecular complexity index is 604. The van der Waals surface area contributed by atoms with Crippen LogP contribution in [0.2, 0.25) is 0 Å². The number of rotatable bonds is 7. The van der Waals surface area contributed by atoms with Gasteiger partial charge >= 0.3 is 0 Å². The van der Waals surface area contributed by atoms with Gasteiger partial charge in [-0.3, -0.25) is 0 Å². The summed E-state index contributed by atoms with van der Waals surface area (Å²) in [5, 5.41) is 0. The van der Waals surface area contributed by atoms with Gasteiger partial charge in [0.15, 0.2) is 11.6 Å². The van der Waals surface area contributed by atoms with Crippen LogP contribution in [0, 0.1) is 29.4 Å². The van der Waals surface area contributed by atoms with Gasteiger partial charge in [0.1, 0.15) is 0 Å². The predicted molar refractivity (Wildman–Crippen MR) is 97.5 cm³/mol. The zero-order valence-corrected chi connectivity index (χ0v) is 15.9. The second-order valence-corrected chi connectivity index (χ2v) is 8.58. The zero-order valence-electron chi connectivity index (χ0n) is 15.9. The maximum Gasteiger partial charge on any atom is 0.224 e. The third kappa shape index (κ3) is 5.49. The van der Waals surface area contributed by atoms with Crippen LogP contribution in [0.4, 0.5) is 8.78 Å². The summed E-state index contributed by atoms with van der Waals surface area (Å²) in [5.74, 6) is 0.964. The fourth-order valence-corrected chi connectivity index (χ4v) is 5.03. The lowest BCUT2D eigenvalue weighted by Gasteiger charge is -2.37. The zero-order chi connectivity index (χ0) is 18.6. The van der Waals surface area contributed by atoms with Crippen LogP contribution in [-0.4, -0.2) is 12.4 Å². The largest absolute Gasteiger partial charge is 0.374 e. The van der Waals surface area contributed by atoms with Gasteiger partial charge in [-0.15, -0.1) is 0 Å². The first-order chi connectivity index (χ1) is 13.2. The van der Waals surface area contributed by atoms with E-state index in [2.05, 4.69) is 0 Å². The molecule has 1 heterocycles. The SMILES string of the molecule is Fc1ccc(COC2CCC(C3CCC(CCC4OO4)CC3)CC2)cc1F. The monoisotopic (exact) mass is 380 g/mol. The van der Waals surface area contributed by atoms with Gasteiger partial charge in [-0.2, -0.15) is 9.78 Å². The average Bonchev–Trinajstić information content (AvgIpc) is 3.53. The van der Waals surface area contributed by atoms with Gasteiger partial charge in [-0.25, -0.2) is 8.78 Å². The van der Waals surface area contributed by atoms with Crippen LogP contribution < -0.4 is 0 Å². The summed E-state index contributed by atoms with van der Waals surface area (Å²) in [6.07, 6.45) is 12.7. The molecule has 3 aliphatic rings. The molecule has 0 aromatic heterocycles. The minimum absolute atomic E-state index is 0.0874. The molecule has 0 spiro atoms. The van der Waals surface area contributed by atoms with Crippen LogP contribution in [0.5, 0.6) is 0 Å². The standard InChI is InChI=1S/C22H30F2O3/c23-20-11-3-16(13-21(20)24)14-25-19-9-7-18(8-10-19)17-5-1-15(2-6-17)4-12-22-26-27-22/h3,11,13,15,17-19,22H,1-2,4-10,12,14H2. The van der Waals surface area contributed by atoms with Gasteiger partial charge in [-0.05, 0) is 80.4 Å². The summed E-state index contributed by atoms with van der Waals surface area (Å²) in [6.45, 7) is 0.367. The van der Waals surface area contributed by atoms with E-state index in [1.807, 2.05) is 0 Å². The second-order valence-electron chi connectivity index (χ2n) is 8.58.